The molecule has 0 aliphatic heterocycles. The second kappa shape index (κ2) is 6.72. The Morgan fingerprint density at radius 2 is 1.81 bits per heavy atom. The second-order valence-corrected chi connectivity index (χ2v) is 5.97. The average molecular weight is 299 g/mol. The van der Waals surface area contributed by atoms with E-state index in [0.29, 0.717) is 17.5 Å². The summed E-state index contributed by atoms with van der Waals surface area (Å²) in [6.07, 6.45) is 0. The van der Waals surface area contributed by atoms with E-state index >= 15 is 0 Å². The minimum atomic E-state index is 0.390. The van der Waals surface area contributed by atoms with Gasteiger partial charge in [0.25, 0.3) is 0 Å². The van der Waals surface area contributed by atoms with Gasteiger partial charge in [-0.05, 0) is 35.6 Å². The number of thiocarbonyl (C=S) groups is 1. The van der Waals surface area contributed by atoms with Crippen molar-refractivity contribution in [1.29, 1.82) is 0 Å². The van der Waals surface area contributed by atoms with Gasteiger partial charge in [0.15, 0.2) is 0 Å². The summed E-state index contributed by atoms with van der Waals surface area (Å²) in [4.78, 5) is 0.390. The third-order valence-corrected chi connectivity index (χ3v) is 3.75. The summed E-state index contributed by atoms with van der Waals surface area (Å²) in [5.41, 5.74) is 10.1. The topological polar surface area (TPSA) is 35.2 Å². The van der Waals surface area contributed by atoms with Crippen LogP contribution in [0, 0.1) is 6.92 Å². The molecule has 0 fully saturated rings. The highest BCUT2D eigenvalue weighted by Gasteiger charge is 2.05. The molecule has 3 heteroatoms. The Morgan fingerprint density at radius 3 is 2.38 bits per heavy atom. The van der Waals surface area contributed by atoms with Crippen molar-refractivity contribution in [2.24, 2.45) is 5.73 Å². The first-order valence-electron chi connectivity index (χ1n) is 7.09. The summed E-state index contributed by atoms with van der Waals surface area (Å²) in [5, 5.41) is 0. The van der Waals surface area contributed by atoms with Gasteiger partial charge in [-0.25, -0.2) is 0 Å². The van der Waals surface area contributed by atoms with Gasteiger partial charge in [0, 0.05) is 5.56 Å². The fourth-order valence-corrected chi connectivity index (χ4v) is 2.20. The lowest BCUT2D eigenvalue weighted by Gasteiger charge is -2.12. The zero-order valence-corrected chi connectivity index (χ0v) is 13.5. The maximum absolute atomic E-state index is 5.90. The van der Waals surface area contributed by atoms with Crippen molar-refractivity contribution in [3.05, 3.63) is 64.7 Å². The lowest BCUT2D eigenvalue weighted by molar-refractivity contribution is 0.304. The molecule has 0 aliphatic rings. The standard InChI is InChI=1S/C18H21NOS/c1-12(2)15-8-5-14(6-9-15)11-20-17-10-16(18(19)21)7-4-13(17)3/h4-10,12H,11H2,1-3H3,(H2,19,21). The number of hydrogen-bond acceptors (Lipinski definition) is 2. The van der Waals surface area contributed by atoms with Crippen molar-refractivity contribution >= 4 is 17.2 Å². The average Bonchev–Trinajstić information content (AvgIpc) is 2.46. The van der Waals surface area contributed by atoms with Crippen LogP contribution in [0.15, 0.2) is 42.5 Å². The molecule has 0 saturated heterocycles. The van der Waals surface area contributed by atoms with Crippen LogP contribution >= 0.6 is 12.2 Å². The highest BCUT2D eigenvalue weighted by molar-refractivity contribution is 7.80. The van der Waals surface area contributed by atoms with E-state index in [1.807, 2.05) is 25.1 Å². The molecule has 0 spiro atoms. The molecular weight excluding hydrogens is 278 g/mol. The number of rotatable bonds is 5. The Balaban J connectivity index is 2.09. The Morgan fingerprint density at radius 1 is 1.14 bits per heavy atom. The molecular formula is C18H21NOS. The van der Waals surface area contributed by atoms with Gasteiger partial charge in [-0.1, -0.05) is 62.5 Å². The fourth-order valence-electron chi connectivity index (χ4n) is 2.07. The monoisotopic (exact) mass is 299 g/mol. The molecule has 0 atom stereocenters. The highest BCUT2D eigenvalue weighted by Crippen LogP contribution is 2.21. The Kier molecular flexibility index (Phi) is 4.97. The van der Waals surface area contributed by atoms with Crippen molar-refractivity contribution in [3.8, 4) is 5.75 Å². The number of aryl methyl sites for hydroxylation is 1. The number of benzene rings is 2. The van der Waals surface area contributed by atoms with Crippen LogP contribution < -0.4 is 10.5 Å². The van der Waals surface area contributed by atoms with Crippen molar-refractivity contribution in [3.63, 3.8) is 0 Å². The second-order valence-electron chi connectivity index (χ2n) is 5.53. The van der Waals surface area contributed by atoms with E-state index < -0.39 is 0 Å². The highest BCUT2D eigenvalue weighted by atomic mass is 32.1. The van der Waals surface area contributed by atoms with Crippen LogP contribution in [0.2, 0.25) is 0 Å². The molecule has 21 heavy (non-hydrogen) atoms. The molecule has 0 saturated carbocycles. The van der Waals surface area contributed by atoms with Crippen LogP contribution in [0.25, 0.3) is 0 Å². The van der Waals surface area contributed by atoms with E-state index in [0.717, 1.165) is 22.4 Å². The van der Waals surface area contributed by atoms with Crippen LogP contribution in [0.5, 0.6) is 5.75 Å². The zero-order valence-electron chi connectivity index (χ0n) is 12.7. The largest absolute Gasteiger partial charge is 0.489 e. The van der Waals surface area contributed by atoms with Gasteiger partial charge in [-0.3, -0.25) is 0 Å². The van der Waals surface area contributed by atoms with Gasteiger partial charge in [0.05, 0.1) is 0 Å². The van der Waals surface area contributed by atoms with Crippen LogP contribution in [-0.4, -0.2) is 4.99 Å². The molecule has 0 radical (unpaired) electrons. The SMILES string of the molecule is Cc1ccc(C(N)=S)cc1OCc1ccc(C(C)C)cc1. The van der Waals surface area contributed by atoms with E-state index in [1.54, 1.807) is 0 Å². The zero-order chi connectivity index (χ0) is 15.4. The van der Waals surface area contributed by atoms with E-state index in [1.165, 1.54) is 5.56 Å². The number of nitrogens with two attached hydrogens (primary N) is 1. The predicted octanol–water partition coefficient (Wildman–Crippen LogP) is 4.33. The smallest absolute Gasteiger partial charge is 0.123 e. The maximum atomic E-state index is 5.90. The first-order chi connectivity index (χ1) is 9.97. The van der Waals surface area contributed by atoms with Gasteiger partial charge < -0.3 is 10.5 Å². The quantitative estimate of drug-likeness (QED) is 0.835. The molecule has 0 amide bonds. The molecule has 0 aliphatic carbocycles. The Labute approximate surface area is 131 Å². The number of ether oxygens (including phenoxy) is 1. The molecule has 0 unspecified atom stereocenters. The third kappa shape index (κ3) is 4.05. The molecule has 2 rings (SSSR count). The van der Waals surface area contributed by atoms with E-state index in [4.69, 9.17) is 22.7 Å². The first-order valence-corrected chi connectivity index (χ1v) is 7.50. The molecule has 0 bridgehead atoms. The van der Waals surface area contributed by atoms with Crippen molar-refractivity contribution in [2.75, 3.05) is 0 Å². The van der Waals surface area contributed by atoms with Gasteiger partial charge >= 0.3 is 0 Å². The Bertz CT molecular complexity index is 632. The predicted molar refractivity (Wildman–Crippen MR) is 91.9 cm³/mol. The summed E-state index contributed by atoms with van der Waals surface area (Å²) in [5.74, 6) is 1.37. The van der Waals surface area contributed by atoms with Crippen LogP contribution in [-0.2, 0) is 6.61 Å². The third-order valence-electron chi connectivity index (χ3n) is 3.51. The first kappa shape index (κ1) is 15.5. The summed E-state index contributed by atoms with van der Waals surface area (Å²) in [6, 6.07) is 14.3. The summed E-state index contributed by atoms with van der Waals surface area (Å²) < 4.78 is 5.90. The normalized spacial score (nSPS) is 10.7. The maximum Gasteiger partial charge on any atom is 0.123 e. The Hall–Kier alpha value is -1.87. The molecule has 2 aromatic carbocycles. The molecule has 2 aromatic rings. The molecule has 0 heterocycles. The number of hydrogen-bond donors (Lipinski definition) is 1. The summed E-state index contributed by atoms with van der Waals surface area (Å²) >= 11 is 5.00. The minimum absolute atomic E-state index is 0.390. The lowest BCUT2D eigenvalue weighted by Crippen LogP contribution is -2.09. The molecule has 2 N–H and O–H groups in total. The van der Waals surface area contributed by atoms with E-state index in [9.17, 15) is 0 Å². The van der Waals surface area contributed by atoms with E-state index in [-0.39, 0.29) is 0 Å². The van der Waals surface area contributed by atoms with Gasteiger partial charge in [0.2, 0.25) is 0 Å². The molecule has 110 valence electrons. The van der Waals surface area contributed by atoms with Crippen molar-refractivity contribution in [1.82, 2.24) is 0 Å². The fraction of sp³-hybridized carbons (Fsp3) is 0.278. The van der Waals surface area contributed by atoms with Gasteiger partial charge in [-0.2, -0.15) is 0 Å². The van der Waals surface area contributed by atoms with Crippen LogP contribution in [0.1, 0.15) is 42.0 Å². The molecule has 2 nitrogen and oxygen atoms in total. The van der Waals surface area contributed by atoms with Gasteiger partial charge in [0.1, 0.15) is 17.3 Å². The van der Waals surface area contributed by atoms with Crippen LogP contribution in [0.3, 0.4) is 0 Å². The van der Waals surface area contributed by atoms with E-state index in [2.05, 4.69) is 38.1 Å². The summed E-state index contributed by atoms with van der Waals surface area (Å²) in [6.45, 7) is 6.94. The van der Waals surface area contributed by atoms with Crippen molar-refractivity contribution in [2.45, 2.75) is 33.3 Å². The molecule has 0 aromatic heterocycles. The van der Waals surface area contributed by atoms with Crippen molar-refractivity contribution < 1.29 is 4.74 Å². The van der Waals surface area contributed by atoms with Gasteiger partial charge in [-0.15, -0.1) is 0 Å². The minimum Gasteiger partial charge on any atom is -0.489 e. The van der Waals surface area contributed by atoms with Crippen LogP contribution in [0.4, 0.5) is 0 Å². The lowest BCUT2D eigenvalue weighted by atomic mass is 10.0. The summed E-state index contributed by atoms with van der Waals surface area (Å²) in [7, 11) is 0.